The van der Waals surface area contributed by atoms with E-state index in [4.69, 9.17) is 0 Å². The second-order valence-corrected chi connectivity index (χ2v) is 15.9. The topological polar surface area (TPSA) is 6.48 Å². The van der Waals surface area contributed by atoms with Gasteiger partial charge in [0, 0.05) is 33.9 Å². The van der Waals surface area contributed by atoms with Crippen molar-refractivity contribution in [1.29, 1.82) is 0 Å². The van der Waals surface area contributed by atoms with E-state index in [2.05, 4.69) is 36.9 Å². The molecule has 8 rings (SSSR count). The third-order valence-electron chi connectivity index (χ3n) is 11.0. The zero-order chi connectivity index (χ0) is 38.8. The van der Waals surface area contributed by atoms with E-state index < -0.39 is 23.1 Å². The van der Waals surface area contributed by atoms with Crippen LogP contribution < -0.4 is 26.2 Å². The Morgan fingerprint density at radius 2 is 1.41 bits per heavy atom. The molecular weight excluding hydrogens is 531 g/mol. The van der Waals surface area contributed by atoms with Crippen LogP contribution in [0.5, 0.6) is 0 Å². The van der Waals surface area contributed by atoms with Gasteiger partial charge in [-0.15, -0.1) is 0 Å². The molecule has 0 aromatic heterocycles. The lowest BCUT2D eigenvalue weighted by atomic mass is 9.33. The molecule has 0 radical (unpaired) electrons. The zero-order valence-corrected chi connectivity index (χ0v) is 27.5. The fraction of sp³-hybridized carbons (Fsp3) is 0.415. The number of rotatable bonds is 1. The normalized spacial score (nSPS) is 26.1. The Morgan fingerprint density at radius 3 is 2.11 bits per heavy atom. The zero-order valence-electron chi connectivity index (χ0n) is 36.5. The standard InChI is InChI=1S/C41H47BN2/c1-26-23-34-36-35(24-26)44-37-30(40(8)21-10-11-22-41(40,44)9)13-12-14-31(37)42(36)32-25-28(39(5,6)7)17-20-33(32)43(34)29-18-15-27(16-19-29)38(2,3)4/h12-20,23-25H,10-11,21-22H2,1-9H3/i15D,16D,17D,18D,19D,20D,23D,24D,25D. The highest BCUT2D eigenvalue weighted by molar-refractivity contribution is 7.00. The minimum atomic E-state index is -0.712. The summed E-state index contributed by atoms with van der Waals surface area (Å²) in [6.45, 7) is 17.0. The lowest BCUT2D eigenvalue weighted by Gasteiger charge is -2.53. The molecule has 2 atom stereocenters. The Balaban J connectivity index is 1.63. The minimum Gasteiger partial charge on any atom is -0.335 e. The molecule has 3 aliphatic heterocycles. The Morgan fingerprint density at radius 1 is 0.750 bits per heavy atom. The summed E-state index contributed by atoms with van der Waals surface area (Å²) in [5.41, 5.74) is 4.12. The SMILES string of the molecule is [2H]c1c([2H])c(C(C)(C)C)c([2H])c([2H])c1N1c2c([2H])c([2H])c(C(C)(C)C)c([2H])c2B2c3cccc4c3N(c3c([2H])c(C)c([2H])c1c32)C1(C)CCCCC41C. The fourth-order valence-corrected chi connectivity index (χ4v) is 8.39. The highest BCUT2D eigenvalue weighted by Gasteiger charge is 2.61. The third-order valence-corrected chi connectivity index (χ3v) is 11.0. The molecule has 0 saturated heterocycles. The van der Waals surface area contributed by atoms with Crippen LogP contribution in [0, 0.1) is 6.92 Å². The summed E-state index contributed by atoms with van der Waals surface area (Å²) < 4.78 is 86.1. The van der Waals surface area contributed by atoms with Crippen LogP contribution in [0.1, 0.15) is 116 Å². The third kappa shape index (κ3) is 3.56. The Bertz CT molecular complexity index is 2310. The molecule has 2 nitrogen and oxygen atoms in total. The van der Waals surface area contributed by atoms with Gasteiger partial charge in [0.1, 0.15) is 0 Å². The van der Waals surface area contributed by atoms with E-state index in [9.17, 15) is 12.3 Å². The first-order valence-electron chi connectivity index (χ1n) is 20.7. The number of nitrogens with zero attached hydrogens (tertiary/aromatic N) is 2. The number of para-hydroxylation sites is 1. The molecule has 0 bridgehead atoms. The molecule has 1 fully saturated rings. The molecule has 224 valence electrons. The maximum Gasteiger partial charge on any atom is 0.252 e. The summed E-state index contributed by atoms with van der Waals surface area (Å²) in [6.07, 6.45) is 3.96. The van der Waals surface area contributed by atoms with Crippen LogP contribution in [0.2, 0.25) is 0 Å². The number of fused-ring (bicyclic) bond motifs is 7. The first-order valence-corrected chi connectivity index (χ1v) is 16.2. The van der Waals surface area contributed by atoms with E-state index in [-0.39, 0.29) is 82.4 Å². The van der Waals surface area contributed by atoms with E-state index >= 15 is 0 Å². The van der Waals surface area contributed by atoms with Gasteiger partial charge in [-0.25, -0.2) is 0 Å². The van der Waals surface area contributed by atoms with Gasteiger partial charge in [-0.3, -0.25) is 0 Å². The predicted molar refractivity (Wildman–Crippen MR) is 191 cm³/mol. The average molecular weight is 588 g/mol. The van der Waals surface area contributed by atoms with Crippen molar-refractivity contribution in [3.8, 4) is 0 Å². The van der Waals surface area contributed by atoms with E-state index in [1.165, 1.54) is 10.5 Å². The van der Waals surface area contributed by atoms with E-state index in [1.54, 1.807) is 6.92 Å². The second-order valence-electron chi connectivity index (χ2n) is 15.9. The molecule has 1 aliphatic carbocycles. The molecule has 0 amide bonds. The molecule has 3 heterocycles. The number of anilines is 5. The maximum absolute atomic E-state index is 9.99. The quantitative estimate of drug-likeness (QED) is 0.181. The number of benzene rings is 4. The van der Waals surface area contributed by atoms with Crippen molar-refractivity contribution >= 4 is 51.5 Å². The average Bonchev–Trinajstić information content (AvgIpc) is 3.28. The molecule has 2 unspecified atom stereocenters. The van der Waals surface area contributed by atoms with Crippen LogP contribution >= 0.6 is 0 Å². The largest absolute Gasteiger partial charge is 0.335 e. The molecule has 4 aliphatic rings. The molecule has 44 heavy (non-hydrogen) atoms. The van der Waals surface area contributed by atoms with Crippen molar-refractivity contribution in [2.45, 2.75) is 110 Å². The van der Waals surface area contributed by atoms with Crippen LogP contribution in [0.3, 0.4) is 0 Å². The molecule has 0 spiro atoms. The van der Waals surface area contributed by atoms with Crippen LogP contribution in [0.4, 0.5) is 28.4 Å². The summed E-state index contributed by atoms with van der Waals surface area (Å²) in [4.78, 5) is 3.85. The Hall–Kier alpha value is -3.46. The van der Waals surface area contributed by atoms with Gasteiger partial charge in [0.05, 0.1) is 17.9 Å². The number of hydrogen-bond acceptors (Lipinski definition) is 2. The first-order chi connectivity index (χ1) is 24.5. The summed E-state index contributed by atoms with van der Waals surface area (Å²) in [7, 11) is 0. The summed E-state index contributed by atoms with van der Waals surface area (Å²) in [6, 6.07) is 5.25. The number of hydrogen-bond donors (Lipinski definition) is 0. The lowest BCUT2D eigenvalue weighted by Crippen LogP contribution is -2.64. The van der Waals surface area contributed by atoms with E-state index in [0.717, 1.165) is 36.8 Å². The predicted octanol–water partition coefficient (Wildman–Crippen LogP) is 8.94. The van der Waals surface area contributed by atoms with Crippen LogP contribution in [-0.4, -0.2) is 12.3 Å². The van der Waals surface area contributed by atoms with Crippen molar-refractivity contribution in [3.05, 3.63) is 94.8 Å². The highest BCUT2D eigenvalue weighted by atomic mass is 15.3. The van der Waals surface area contributed by atoms with Crippen LogP contribution in [0.15, 0.2) is 72.6 Å². The monoisotopic (exact) mass is 587 g/mol. The minimum absolute atomic E-state index is 0.00567. The van der Waals surface area contributed by atoms with Gasteiger partial charge < -0.3 is 9.80 Å². The van der Waals surface area contributed by atoms with Gasteiger partial charge in [0.15, 0.2) is 0 Å². The molecule has 4 aromatic carbocycles. The van der Waals surface area contributed by atoms with Gasteiger partial charge >= 0.3 is 0 Å². The van der Waals surface area contributed by atoms with Crippen molar-refractivity contribution < 1.29 is 12.3 Å². The second kappa shape index (κ2) is 8.84. The summed E-state index contributed by atoms with van der Waals surface area (Å²) in [5, 5.41) is 0. The maximum atomic E-state index is 9.99. The van der Waals surface area contributed by atoms with Crippen LogP contribution in [-0.2, 0) is 16.2 Å². The fourth-order valence-electron chi connectivity index (χ4n) is 8.39. The highest BCUT2D eigenvalue weighted by Crippen LogP contribution is 2.61. The summed E-state index contributed by atoms with van der Waals surface area (Å²) >= 11 is 0. The smallest absolute Gasteiger partial charge is 0.252 e. The first kappa shape index (κ1) is 19.8. The van der Waals surface area contributed by atoms with Crippen molar-refractivity contribution in [1.82, 2.24) is 0 Å². The molecule has 3 heteroatoms. The van der Waals surface area contributed by atoms with Gasteiger partial charge in [0.2, 0.25) is 0 Å². The van der Waals surface area contributed by atoms with E-state index in [1.807, 2.05) is 41.5 Å². The van der Waals surface area contributed by atoms with Crippen molar-refractivity contribution in [3.63, 3.8) is 0 Å². The molecule has 4 aromatic rings. The molecular formula is C41H47BN2. The van der Waals surface area contributed by atoms with Crippen molar-refractivity contribution in [2.24, 2.45) is 0 Å². The molecule has 1 saturated carbocycles. The van der Waals surface area contributed by atoms with Gasteiger partial charge in [-0.1, -0.05) is 104 Å². The lowest BCUT2D eigenvalue weighted by molar-refractivity contribution is 0.195. The van der Waals surface area contributed by atoms with Gasteiger partial charge in [-0.2, -0.15) is 0 Å². The Labute approximate surface area is 278 Å². The van der Waals surface area contributed by atoms with Crippen LogP contribution in [0.25, 0.3) is 0 Å². The van der Waals surface area contributed by atoms with Gasteiger partial charge in [0.25, 0.3) is 6.71 Å². The van der Waals surface area contributed by atoms with Crippen molar-refractivity contribution in [2.75, 3.05) is 9.80 Å². The van der Waals surface area contributed by atoms with Gasteiger partial charge in [-0.05, 0) is 106 Å². The molecule has 0 N–H and O–H groups in total. The van der Waals surface area contributed by atoms with E-state index in [0.29, 0.717) is 27.7 Å². The summed E-state index contributed by atoms with van der Waals surface area (Å²) in [5.74, 6) is 0. The Kier molecular flexibility index (Phi) is 3.98.